The fourth-order valence-electron chi connectivity index (χ4n) is 3.79. The molecule has 5 nitrogen and oxygen atoms in total. The molecule has 1 atom stereocenters. The number of nitrogens with zero attached hydrogens (tertiary/aromatic N) is 2. The quantitative estimate of drug-likeness (QED) is 0.839. The second-order valence-corrected chi connectivity index (χ2v) is 7.09. The minimum absolute atomic E-state index is 0.173. The van der Waals surface area contributed by atoms with Crippen LogP contribution in [0.5, 0.6) is 0 Å². The predicted molar refractivity (Wildman–Crippen MR) is 92.9 cm³/mol. The Bertz CT molecular complexity index is 753. The van der Waals surface area contributed by atoms with Gasteiger partial charge in [0.05, 0.1) is 19.3 Å². The van der Waals surface area contributed by atoms with Crippen molar-refractivity contribution in [2.75, 3.05) is 19.7 Å². The first-order chi connectivity index (χ1) is 12.7. The lowest BCUT2D eigenvalue weighted by molar-refractivity contribution is -0.144. The first-order valence-electron chi connectivity index (χ1n) is 9.28. The van der Waals surface area contributed by atoms with E-state index in [0.29, 0.717) is 37.8 Å². The number of hydrogen-bond donors (Lipinski definition) is 0. The third-order valence-corrected chi connectivity index (χ3v) is 5.22. The number of amides is 1. The van der Waals surface area contributed by atoms with Gasteiger partial charge in [0.25, 0.3) is 0 Å². The summed E-state index contributed by atoms with van der Waals surface area (Å²) >= 11 is 0. The topological polar surface area (TPSA) is 55.6 Å². The third kappa shape index (κ3) is 3.80. The first-order valence-corrected chi connectivity index (χ1v) is 9.28. The summed E-state index contributed by atoms with van der Waals surface area (Å²) < 4.78 is 24.6. The van der Waals surface area contributed by atoms with Gasteiger partial charge in [-0.2, -0.15) is 0 Å². The molecule has 1 saturated carbocycles. The molecule has 1 aliphatic carbocycles. The van der Waals surface area contributed by atoms with Crippen LogP contribution in [0.2, 0.25) is 0 Å². The summed E-state index contributed by atoms with van der Waals surface area (Å²) in [4.78, 5) is 18.9. The third-order valence-electron chi connectivity index (χ3n) is 5.22. The standard InChI is InChI=1S/C20H23FN2O3/c21-16-7-5-14(6-8-16)11-17-12-22-19(26-17)18-13-23(9-10-25-18)20(24)15-3-1-2-4-15/h5-8,12,15,18H,1-4,9-11,13H2/t18-/m0/s1. The van der Waals surface area contributed by atoms with E-state index in [1.807, 2.05) is 4.90 Å². The molecule has 0 radical (unpaired) electrons. The van der Waals surface area contributed by atoms with E-state index >= 15 is 0 Å². The van der Waals surface area contributed by atoms with Gasteiger partial charge in [-0.25, -0.2) is 9.37 Å². The Balaban J connectivity index is 1.40. The molecule has 1 amide bonds. The highest BCUT2D eigenvalue weighted by Gasteiger charge is 2.33. The number of hydrogen-bond acceptors (Lipinski definition) is 4. The maximum atomic E-state index is 13.0. The molecule has 0 spiro atoms. The van der Waals surface area contributed by atoms with Crippen LogP contribution in [0, 0.1) is 11.7 Å². The fraction of sp³-hybridized carbons (Fsp3) is 0.500. The van der Waals surface area contributed by atoms with Gasteiger partial charge in [0.1, 0.15) is 11.6 Å². The monoisotopic (exact) mass is 358 g/mol. The van der Waals surface area contributed by atoms with Crippen molar-refractivity contribution in [1.29, 1.82) is 0 Å². The molecule has 2 fully saturated rings. The molecule has 1 aromatic carbocycles. The number of morpholine rings is 1. The summed E-state index contributed by atoms with van der Waals surface area (Å²) in [5.74, 6) is 1.37. The molecule has 2 heterocycles. The van der Waals surface area contributed by atoms with Crippen molar-refractivity contribution in [3.63, 3.8) is 0 Å². The van der Waals surface area contributed by atoms with E-state index in [-0.39, 0.29) is 23.7 Å². The van der Waals surface area contributed by atoms with Crippen LogP contribution >= 0.6 is 0 Å². The fourth-order valence-corrected chi connectivity index (χ4v) is 3.79. The minimum atomic E-state index is -0.323. The summed E-state index contributed by atoms with van der Waals surface area (Å²) in [6, 6.07) is 6.33. The smallest absolute Gasteiger partial charge is 0.225 e. The van der Waals surface area contributed by atoms with Crippen LogP contribution in [0.15, 0.2) is 34.9 Å². The molecule has 2 aromatic rings. The summed E-state index contributed by atoms with van der Waals surface area (Å²) in [5.41, 5.74) is 0.955. The van der Waals surface area contributed by atoms with Crippen LogP contribution in [0.3, 0.4) is 0 Å². The Morgan fingerprint density at radius 2 is 2.00 bits per heavy atom. The molecule has 0 unspecified atom stereocenters. The summed E-state index contributed by atoms with van der Waals surface area (Å²) in [5, 5.41) is 0. The minimum Gasteiger partial charge on any atom is -0.442 e. The van der Waals surface area contributed by atoms with E-state index in [4.69, 9.17) is 9.15 Å². The van der Waals surface area contributed by atoms with Crippen LogP contribution in [-0.4, -0.2) is 35.5 Å². The maximum Gasteiger partial charge on any atom is 0.225 e. The van der Waals surface area contributed by atoms with Gasteiger partial charge in [-0.3, -0.25) is 4.79 Å². The highest BCUT2D eigenvalue weighted by Crippen LogP contribution is 2.29. The molecular formula is C20H23FN2O3. The summed E-state index contributed by atoms with van der Waals surface area (Å²) in [6.45, 7) is 1.62. The Morgan fingerprint density at radius 3 is 2.77 bits per heavy atom. The molecule has 1 aliphatic heterocycles. The van der Waals surface area contributed by atoms with Crippen LogP contribution in [-0.2, 0) is 16.0 Å². The number of carbonyl (C=O) groups is 1. The Kier molecular flexibility index (Phi) is 5.02. The molecule has 26 heavy (non-hydrogen) atoms. The average molecular weight is 358 g/mol. The van der Waals surface area contributed by atoms with E-state index in [0.717, 1.165) is 31.2 Å². The van der Waals surface area contributed by atoms with Gasteiger partial charge in [0.2, 0.25) is 11.8 Å². The van der Waals surface area contributed by atoms with Crippen molar-refractivity contribution in [3.8, 4) is 0 Å². The number of aromatic nitrogens is 1. The van der Waals surface area contributed by atoms with Gasteiger partial charge in [0, 0.05) is 18.9 Å². The van der Waals surface area contributed by atoms with Crippen molar-refractivity contribution in [1.82, 2.24) is 9.88 Å². The number of oxazole rings is 1. The molecular weight excluding hydrogens is 335 g/mol. The normalized spacial score (nSPS) is 21.3. The molecule has 138 valence electrons. The number of carbonyl (C=O) groups excluding carboxylic acids is 1. The SMILES string of the molecule is O=C(C1CCCC1)N1CCO[C@H](c2ncc(Cc3ccc(F)cc3)o2)C1. The Labute approximate surface area is 152 Å². The molecule has 0 bridgehead atoms. The highest BCUT2D eigenvalue weighted by molar-refractivity contribution is 5.79. The maximum absolute atomic E-state index is 13.0. The van der Waals surface area contributed by atoms with E-state index < -0.39 is 0 Å². The van der Waals surface area contributed by atoms with Crippen molar-refractivity contribution in [2.24, 2.45) is 5.92 Å². The molecule has 1 saturated heterocycles. The lowest BCUT2D eigenvalue weighted by Crippen LogP contribution is -2.44. The first kappa shape index (κ1) is 17.2. The second-order valence-electron chi connectivity index (χ2n) is 7.09. The number of halogens is 1. The molecule has 0 N–H and O–H groups in total. The zero-order valence-electron chi connectivity index (χ0n) is 14.7. The van der Waals surface area contributed by atoms with Crippen LogP contribution in [0.25, 0.3) is 0 Å². The van der Waals surface area contributed by atoms with Gasteiger partial charge in [0.15, 0.2) is 6.10 Å². The molecule has 2 aliphatic rings. The van der Waals surface area contributed by atoms with Crippen LogP contribution < -0.4 is 0 Å². The zero-order valence-corrected chi connectivity index (χ0v) is 14.7. The van der Waals surface area contributed by atoms with Gasteiger partial charge in [-0.15, -0.1) is 0 Å². The van der Waals surface area contributed by atoms with Crippen molar-refractivity contribution in [2.45, 2.75) is 38.2 Å². The molecule has 1 aromatic heterocycles. The highest BCUT2D eigenvalue weighted by atomic mass is 19.1. The zero-order chi connectivity index (χ0) is 17.9. The van der Waals surface area contributed by atoms with Gasteiger partial charge in [-0.05, 0) is 30.5 Å². The summed E-state index contributed by atoms with van der Waals surface area (Å²) in [6.07, 6.45) is 6.21. The second kappa shape index (κ2) is 7.58. The van der Waals surface area contributed by atoms with Gasteiger partial charge in [-0.1, -0.05) is 25.0 Å². The van der Waals surface area contributed by atoms with Crippen molar-refractivity contribution < 1.29 is 18.3 Å². The lowest BCUT2D eigenvalue weighted by Gasteiger charge is -2.33. The van der Waals surface area contributed by atoms with Crippen molar-refractivity contribution >= 4 is 5.91 Å². The number of benzene rings is 1. The van der Waals surface area contributed by atoms with Crippen molar-refractivity contribution in [3.05, 3.63) is 53.5 Å². The summed E-state index contributed by atoms with van der Waals surface area (Å²) in [7, 11) is 0. The van der Waals surface area contributed by atoms with Gasteiger partial charge >= 0.3 is 0 Å². The van der Waals surface area contributed by atoms with E-state index in [2.05, 4.69) is 4.98 Å². The van der Waals surface area contributed by atoms with E-state index in [1.165, 1.54) is 12.1 Å². The largest absolute Gasteiger partial charge is 0.442 e. The van der Waals surface area contributed by atoms with Gasteiger partial charge < -0.3 is 14.1 Å². The molecule has 6 heteroatoms. The van der Waals surface area contributed by atoms with Crippen LogP contribution in [0.4, 0.5) is 4.39 Å². The number of ether oxygens (including phenoxy) is 1. The molecule has 4 rings (SSSR count). The Morgan fingerprint density at radius 1 is 1.23 bits per heavy atom. The predicted octanol–water partition coefficient (Wildman–Crippen LogP) is 3.49. The van der Waals surface area contributed by atoms with Crippen LogP contribution in [0.1, 0.15) is 49.0 Å². The number of rotatable bonds is 4. The Hall–Kier alpha value is -2.21. The van der Waals surface area contributed by atoms with E-state index in [9.17, 15) is 9.18 Å². The average Bonchev–Trinajstić information content (AvgIpc) is 3.35. The van der Waals surface area contributed by atoms with E-state index in [1.54, 1.807) is 18.3 Å². The lowest BCUT2D eigenvalue weighted by atomic mass is 10.1.